The van der Waals surface area contributed by atoms with Crippen LogP contribution in [0.15, 0.2) is 87.8 Å². The van der Waals surface area contributed by atoms with Gasteiger partial charge in [-0.3, -0.25) is 0 Å². The molecule has 0 aliphatic rings. The summed E-state index contributed by atoms with van der Waals surface area (Å²) in [5, 5.41) is 8.02. The number of carbonyl (C=O) groups is 1. The zero-order chi connectivity index (χ0) is 22.3. The number of benzene rings is 3. The molecular weight excluding hydrogens is 472 g/mol. The van der Waals surface area contributed by atoms with Gasteiger partial charge in [-0.15, -0.1) is 10.2 Å². The van der Waals surface area contributed by atoms with Crippen LogP contribution in [0.3, 0.4) is 0 Å². The molecule has 0 amide bonds. The lowest BCUT2D eigenvalue weighted by atomic mass is 10.0. The molecule has 1 aromatic heterocycles. The quantitative estimate of drug-likeness (QED) is 0.185. The van der Waals surface area contributed by atoms with Crippen LogP contribution < -0.4 is 4.74 Å². The summed E-state index contributed by atoms with van der Waals surface area (Å²) in [5.41, 5.74) is 2.74. The number of esters is 1. The maximum absolute atomic E-state index is 13.0. The Hall–Kier alpha value is -3.71. The Kier molecular flexibility index (Phi) is 6.77. The summed E-state index contributed by atoms with van der Waals surface area (Å²) in [6.07, 6.45) is 1.77. The fourth-order valence-corrected chi connectivity index (χ4v) is 3.27. The van der Waals surface area contributed by atoms with Crippen molar-refractivity contribution >= 4 is 33.5 Å². The standard InChI is InChI=1S/C25H19BrN2O4/c1-30-21-9-5-6-17(14-21)15-22(18-7-3-2-4-8-18)25(29)31-16-23-27-28-24(32-23)19-10-12-20(26)13-11-19/h2-15H,16H2,1H3/b22-15+. The third-order valence-corrected chi connectivity index (χ3v) is 5.12. The molecule has 1 heterocycles. The summed E-state index contributed by atoms with van der Waals surface area (Å²) in [6, 6.07) is 24.3. The van der Waals surface area contributed by atoms with Crippen molar-refractivity contribution in [1.82, 2.24) is 10.2 Å². The molecule has 0 N–H and O–H groups in total. The second-order valence-corrected chi connectivity index (χ2v) is 7.70. The van der Waals surface area contributed by atoms with Gasteiger partial charge >= 0.3 is 5.97 Å². The number of halogens is 1. The molecule has 32 heavy (non-hydrogen) atoms. The van der Waals surface area contributed by atoms with E-state index >= 15 is 0 Å². The Bertz CT molecular complexity index is 1230. The predicted molar refractivity (Wildman–Crippen MR) is 125 cm³/mol. The SMILES string of the molecule is COc1cccc(/C=C(/C(=O)OCc2nnc(-c3ccc(Br)cc3)o2)c2ccccc2)c1. The summed E-state index contributed by atoms with van der Waals surface area (Å²) in [4.78, 5) is 13.0. The van der Waals surface area contributed by atoms with E-state index in [2.05, 4.69) is 26.1 Å². The Morgan fingerprint density at radius 2 is 1.78 bits per heavy atom. The summed E-state index contributed by atoms with van der Waals surface area (Å²) in [5.74, 6) is 0.775. The molecule has 3 aromatic carbocycles. The van der Waals surface area contributed by atoms with E-state index in [1.807, 2.05) is 78.9 Å². The molecule has 0 bridgehead atoms. The van der Waals surface area contributed by atoms with E-state index in [9.17, 15) is 4.79 Å². The fourth-order valence-electron chi connectivity index (χ4n) is 3.00. The highest BCUT2D eigenvalue weighted by atomic mass is 79.9. The van der Waals surface area contributed by atoms with E-state index in [-0.39, 0.29) is 12.5 Å². The smallest absolute Gasteiger partial charge is 0.339 e. The Morgan fingerprint density at radius 1 is 1.00 bits per heavy atom. The molecule has 0 fully saturated rings. The van der Waals surface area contributed by atoms with Gasteiger partial charge in [-0.1, -0.05) is 58.4 Å². The molecule has 4 aromatic rings. The van der Waals surface area contributed by atoms with Gasteiger partial charge in [-0.05, 0) is 53.6 Å². The lowest BCUT2D eigenvalue weighted by Crippen LogP contribution is -2.07. The Balaban J connectivity index is 1.53. The van der Waals surface area contributed by atoms with Crippen LogP contribution in [0.4, 0.5) is 0 Å². The number of methoxy groups -OCH3 is 1. The van der Waals surface area contributed by atoms with Crippen LogP contribution in [0.25, 0.3) is 23.1 Å². The Morgan fingerprint density at radius 3 is 2.53 bits per heavy atom. The van der Waals surface area contributed by atoms with Crippen LogP contribution in [0, 0.1) is 0 Å². The Labute approximate surface area is 193 Å². The van der Waals surface area contributed by atoms with Crippen molar-refractivity contribution in [3.63, 3.8) is 0 Å². The molecule has 0 saturated heterocycles. The van der Waals surface area contributed by atoms with E-state index in [0.29, 0.717) is 17.2 Å². The molecular formula is C25H19BrN2O4. The summed E-state index contributed by atoms with van der Waals surface area (Å²) in [7, 11) is 1.60. The number of hydrogen-bond donors (Lipinski definition) is 0. The molecule has 4 rings (SSSR count). The largest absolute Gasteiger partial charge is 0.497 e. The van der Waals surface area contributed by atoms with E-state index in [1.54, 1.807) is 13.2 Å². The molecule has 160 valence electrons. The van der Waals surface area contributed by atoms with Crippen molar-refractivity contribution in [2.75, 3.05) is 7.11 Å². The van der Waals surface area contributed by atoms with Crippen LogP contribution in [0.1, 0.15) is 17.0 Å². The summed E-state index contributed by atoms with van der Waals surface area (Å²) < 4.78 is 17.4. The number of nitrogens with zero attached hydrogens (tertiary/aromatic N) is 2. The minimum Gasteiger partial charge on any atom is -0.497 e. The van der Waals surface area contributed by atoms with Gasteiger partial charge < -0.3 is 13.9 Å². The van der Waals surface area contributed by atoms with E-state index in [1.165, 1.54) is 0 Å². The molecule has 0 radical (unpaired) electrons. The minimum atomic E-state index is -0.498. The highest BCUT2D eigenvalue weighted by Gasteiger charge is 2.16. The molecule has 7 heteroatoms. The number of ether oxygens (including phenoxy) is 2. The molecule has 0 unspecified atom stereocenters. The number of aromatic nitrogens is 2. The van der Waals surface area contributed by atoms with Crippen LogP contribution in [0.2, 0.25) is 0 Å². The predicted octanol–water partition coefficient (Wildman–Crippen LogP) is 5.79. The minimum absolute atomic E-state index is 0.134. The number of carbonyl (C=O) groups excluding carboxylic acids is 1. The van der Waals surface area contributed by atoms with E-state index < -0.39 is 5.97 Å². The molecule has 0 aliphatic heterocycles. The first-order valence-electron chi connectivity index (χ1n) is 9.79. The fraction of sp³-hybridized carbons (Fsp3) is 0.0800. The molecule has 0 spiro atoms. The first-order chi connectivity index (χ1) is 15.6. The van der Waals surface area contributed by atoms with Gasteiger partial charge in [-0.2, -0.15) is 0 Å². The van der Waals surface area contributed by atoms with Crippen molar-refractivity contribution in [2.45, 2.75) is 6.61 Å². The van der Waals surface area contributed by atoms with Gasteiger partial charge in [0, 0.05) is 10.0 Å². The average molecular weight is 491 g/mol. The maximum Gasteiger partial charge on any atom is 0.339 e. The lowest BCUT2D eigenvalue weighted by Gasteiger charge is -2.08. The van der Waals surface area contributed by atoms with Gasteiger partial charge in [0.2, 0.25) is 5.89 Å². The van der Waals surface area contributed by atoms with Gasteiger partial charge in [0.1, 0.15) is 5.75 Å². The van der Waals surface area contributed by atoms with Gasteiger partial charge in [0.25, 0.3) is 5.89 Å². The van der Waals surface area contributed by atoms with Crippen molar-refractivity contribution in [2.24, 2.45) is 0 Å². The van der Waals surface area contributed by atoms with E-state index in [0.717, 1.165) is 21.2 Å². The number of hydrogen-bond acceptors (Lipinski definition) is 6. The van der Waals surface area contributed by atoms with Crippen molar-refractivity contribution < 1.29 is 18.7 Å². The topological polar surface area (TPSA) is 74.5 Å². The third kappa shape index (κ3) is 5.31. The maximum atomic E-state index is 13.0. The first-order valence-corrected chi connectivity index (χ1v) is 10.6. The normalized spacial score (nSPS) is 11.2. The molecule has 6 nitrogen and oxygen atoms in total. The van der Waals surface area contributed by atoms with Gasteiger partial charge in [0.05, 0.1) is 12.7 Å². The third-order valence-electron chi connectivity index (χ3n) is 4.59. The van der Waals surface area contributed by atoms with Crippen LogP contribution in [-0.2, 0) is 16.1 Å². The first kappa shape index (κ1) is 21.5. The average Bonchev–Trinajstić information content (AvgIpc) is 3.31. The zero-order valence-corrected chi connectivity index (χ0v) is 18.8. The zero-order valence-electron chi connectivity index (χ0n) is 17.2. The summed E-state index contributed by atoms with van der Waals surface area (Å²) >= 11 is 3.39. The van der Waals surface area contributed by atoms with Crippen molar-refractivity contribution in [3.8, 4) is 17.2 Å². The molecule has 0 saturated carbocycles. The van der Waals surface area contributed by atoms with Gasteiger partial charge in [0.15, 0.2) is 6.61 Å². The van der Waals surface area contributed by atoms with Crippen molar-refractivity contribution in [1.29, 1.82) is 0 Å². The van der Waals surface area contributed by atoms with Crippen LogP contribution in [0.5, 0.6) is 5.75 Å². The monoisotopic (exact) mass is 490 g/mol. The lowest BCUT2D eigenvalue weighted by molar-refractivity contribution is -0.138. The highest BCUT2D eigenvalue weighted by Crippen LogP contribution is 2.24. The number of rotatable bonds is 7. The highest BCUT2D eigenvalue weighted by molar-refractivity contribution is 9.10. The second-order valence-electron chi connectivity index (χ2n) is 6.78. The van der Waals surface area contributed by atoms with Gasteiger partial charge in [-0.25, -0.2) is 4.79 Å². The van der Waals surface area contributed by atoms with Crippen molar-refractivity contribution in [3.05, 3.63) is 100 Å². The molecule has 0 aliphatic carbocycles. The summed E-state index contributed by atoms with van der Waals surface area (Å²) in [6.45, 7) is -0.134. The van der Waals surface area contributed by atoms with Crippen LogP contribution >= 0.6 is 15.9 Å². The second kappa shape index (κ2) is 10.1. The van der Waals surface area contributed by atoms with E-state index in [4.69, 9.17) is 13.9 Å². The van der Waals surface area contributed by atoms with Crippen LogP contribution in [-0.4, -0.2) is 23.3 Å². The molecule has 0 atom stereocenters.